The molecule has 1 aromatic rings. The maximum atomic E-state index is 11.2. The van der Waals surface area contributed by atoms with Gasteiger partial charge in [0.1, 0.15) is 5.82 Å². The Labute approximate surface area is 98.6 Å². The van der Waals surface area contributed by atoms with Crippen LogP contribution in [0.2, 0.25) is 0 Å². The number of anilines is 1. The SMILES string of the molecule is CNC(=O)CCNc1ccnc(C(=O)OC)n1. The minimum atomic E-state index is -0.597. The molecule has 0 unspecified atom stereocenters. The lowest BCUT2D eigenvalue weighted by molar-refractivity contribution is -0.120. The van der Waals surface area contributed by atoms with Gasteiger partial charge in [-0.1, -0.05) is 0 Å². The van der Waals surface area contributed by atoms with Crippen LogP contribution >= 0.6 is 0 Å². The molecule has 1 heterocycles. The summed E-state index contributed by atoms with van der Waals surface area (Å²) < 4.78 is 4.50. The number of methoxy groups -OCH3 is 1. The first-order valence-electron chi connectivity index (χ1n) is 5.03. The zero-order valence-corrected chi connectivity index (χ0v) is 9.69. The minimum absolute atomic E-state index is 0.0163. The van der Waals surface area contributed by atoms with Crippen LogP contribution in [0.3, 0.4) is 0 Å². The summed E-state index contributed by atoms with van der Waals surface area (Å²) in [5.74, 6) is -0.207. The summed E-state index contributed by atoms with van der Waals surface area (Å²) in [6.07, 6.45) is 1.77. The van der Waals surface area contributed by atoms with E-state index in [1.165, 1.54) is 13.3 Å². The van der Waals surface area contributed by atoms with E-state index in [-0.39, 0.29) is 11.7 Å². The Balaban J connectivity index is 2.54. The highest BCUT2D eigenvalue weighted by Crippen LogP contribution is 2.02. The van der Waals surface area contributed by atoms with E-state index in [9.17, 15) is 9.59 Å². The van der Waals surface area contributed by atoms with Crippen molar-refractivity contribution in [3.8, 4) is 0 Å². The van der Waals surface area contributed by atoms with Gasteiger partial charge in [-0.3, -0.25) is 4.79 Å². The fourth-order valence-electron chi connectivity index (χ4n) is 1.08. The number of carbonyl (C=O) groups is 2. The third kappa shape index (κ3) is 4.06. The predicted octanol–water partition coefficient (Wildman–Crippen LogP) is -0.189. The average Bonchev–Trinajstić information content (AvgIpc) is 2.38. The van der Waals surface area contributed by atoms with Crippen molar-refractivity contribution >= 4 is 17.7 Å². The Kier molecular flexibility index (Phi) is 4.86. The van der Waals surface area contributed by atoms with Crippen LogP contribution < -0.4 is 10.6 Å². The highest BCUT2D eigenvalue weighted by molar-refractivity contribution is 5.85. The second-order valence-electron chi connectivity index (χ2n) is 3.11. The molecule has 0 aliphatic heterocycles. The van der Waals surface area contributed by atoms with Gasteiger partial charge < -0.3 is 15.4 Å². The number of ether oxygens (including phenoxy) is 1. The number of hydrogen-bond acceptors (Lipinski definition) is 6. The van der Waals surface area contributed by atoms with Crippen LogP contribution in [-0.4, -0.2) is 42.5 Å². The molecule has 7 heteroatoms. The molecule has 0 aromatic carbocycles. The smallest absolute Gasteiger partial charge is 0.376 e. The van der Waals surface area contributed by atoms with Crippen molar-refractivity contribution in [1.82, 2.24) is 15.3 Å². The summed E-state index contributed by atoms with van der Waals surface area (Å²) in [4.78, 5) is 29.8. The van der Waals surface area contributed by atoms with Crippen molar-refractivity contribution < 1.29 is 14.3 Å². The van der Waals surface area contributed by atoms with Gasteiger partial charge in [-0.05, 0) is 6.07 Å². The standard InChI is InChI=1S/C10H14N4O3/c1-11-8(15)4-6-12-7-3-5-13-9(14-7)10(16)17-2/h3,5H,4,6H2,1-2H3,(H,11,15)(H,12,13,14). The Morgan fingerprint density at radius 3 is 2.88 bits per heavy atom. The van der Waals surface area contributed by atoms with E-state index in [2.05, 4.69) is 25.3 Å². The summed E-state index contributed by atoms with van der Waals surface area (Å²) in [6.45, 7) is 0.428. The summed E-state index contributed by atoms with van der Waals surface area (Å²) in [7, 11) is 2.83. The van der Waals surface area contributed by atoms with Crippen molar-refractivity contribution in [2.45, 2.75) is 6.42 Å². The van der Waals surface area contributed by atoms with Crippen LogP contribution in [0.5, 0.6) is 0 Å². The molecule has 0 saturated carbocycles. The second kappa shape index (κ2) is 6.41. The molecular formula is C10H14N4O3. The topological polar surface area (TPSA) is 93.2 Å². The van der Waals surface area contributed by atoms with Crippen molar-refractivity contribution in [2.24, 2.45) is 0 Å². The molecule has 17 heavy (non-hydrogen) atoms. The predicted molar refractivity (Wildman–Crippen MR) is 60.5 cm³/mol. The van der Waals surface area contributed by atoms with E-state index in [1.54, 1.807) is 13.1 Å². The van der Waals surface area contributed by atoms with E-state index >= 15 is 0 Å². The molecule has 0 saturated heterocycles. The molecule has 0 bridgehead atoms. The quantitative estimate of drug-likeness (QED) is 0.691. The van der Waals surface area contributed by atoms with E-state index in [0.29, 0.717) is 18.8 Å². The normalized spacial score (nSPS) is 9.53. The lowest BCUT2D eigenvalue weighted by atomic mass is 10.4. The van der Waals surface area contributed by atoms with E-state index in [0.717, 1.165) is 0 Å². The Morgan fingerprint density at radius 1 is 1.47 bits per heavy atom. The van der Waals surface area contributed by atoms with E-state index < -0.39 is 5.97 Å². The average molecular weight is 238 g/mol. The van der Waals surface area contributed by atoms with Gasteiger partial charge in [0.05, 0.1) is 7.11 Å². The fourth-order valence-corrected chi connectivity index (χ4v) is 1.08. The number of carbonyl (C=O) groups excluding carboxylic acids is 2. The van der Waals surface area contributed by atoms with Crippen LogP contribution in [0.4, 0.5) is 5.82 Å². The number of amides is 1. The highest BCUT2D eigenvalue weighted by Gasteiger charge is 2.09. The summed E-state index contributed by atoms with van der Waals surface area (Å²) in [6, 6.07) is 1.61. The first-order chi connectivity index (χ1) is 8.17. The van der Waals surface area contributed by atoms with Gasteiger partial charge in [0.2, 0.25) is 11.7 Å². The first kappa shape index (κ1) is 12.9. The van der Waals surface area contributed by atoms with Crippen LogP contribution in [0, 0.1) is 0 Å². The van der Waals surface area contributed by atoms with Crippen molar-refractivity contribution in [2.75, 3.05) is 26.0 Å². The summed E-state index contributed by atoms with van der Waals surface area (Å²) in [5.41, 5.74) is 0. The third-order valence-electron chi connectivity index (χ3n) is 1.96. The van der Waals surface area contributed by atoms with Crippen molar-refractivity contribution in [3.05, 3.63) is 18.1 Å². The van der Waals surface area contributed by atoms with Crippen molar-refractivity contribution in [1.29, 1.82) is 0 Å². The maximum absolute atomic E-state index is 11.2. The van der Waals surface area contributed by atoms with Crippen LogP contribution in [0.1, 0.15) is 17.0 Å². The molecule has 0 fully saturated rings. The molecule has 92 valence electrons. The van der Waals surface area contributed by atoms with Gasteiger partial charge in [0, 0.05) is 26.2 Å². The zero-order valence-electron chi connectivity index (χ0n) is 9.69. The Hall–Kier alpha value is -2.18. The van der Waals surface area contributed by atoms with Gasteiger partial charge in [0.25, 0.3) is 0 Å². The largest absolute Gasteiger partial charge is 0.463 e. The van der Waals surface area contributed by atoms with Crippen LogP contribution in [-0.2, 0) is 9.53 Å². The highest BCUT2D eigenvalue weighted by atomic mass is 16.5. The van der Waals surface area contributed by atoms with E-state index in [4.69, 9.17) is 0 Å². The lowest BCUT2D eigenvalue weighted by Crippen LogP contribution is -2.21. The fraction of sp³-hybridized carbons (Fsp3) is 0.400. The number of nitrogens with zero attached hydrogens (tertiary/aromatic N) is 2. The van der Waals surface area contributed by atoms with Gasteiger partial charge in [-0.2, -0.15) is 0 Å². The maximum Gasteiger partial charge on any atom is 0.376 e. The molecule has 7 nitrogen and oxygen atoms in total. The van der Waals surface area contributed by atoms with Crippen LogP contribution in [0.25, 0.3) is 0 Å². The van der Waals surface area contributed by atoms with Gasteiger partial charge in [-0.25, -0.2) is 14.8 Å². The molecule has 2 N–H and O–H groups in total. The summed E-state index contributed by atoms with van der Waals surface area (Å²) in [5, 5.41) is 5.41. The molecule has 0 aliphatic carbocycles. The minimum Gasteiger partial charge on any atom is -0.463 e. The molecule has 1 aromatic heterocycles. The lowest BCUT2D eigenvalue weighted by Gasteiger charge is -2.05. The molecule has 1 amide bonds. The van der Waals surface area contributed by atoms with Gasteiger partial charge >= 0.3 is 5.97 Å². The van der Waals surface area contributed by atoms with Gasteiger partial charge in [-0.15, -0.1) is 0 Å². The Bertz CT molecular complexity index is 408. The molecule has 1 rings (SSSR count). The van der Waals surface area contributed by atoms with Crippen molar-refractivity contribution in [3.63, 3.8) is 0 Å². The molecule has 0 aliphatic rings. The number of esters is 1. The third-order valence-corrected chi connectivity index (χ3v) is 1.96. The molecular weight excluding hydrogens is 224 g/mol. The number of rotatable bonds is 5. The van der Waals surface area contributed by atoms with E-state index in [1.807, 2.05) is 0 Å². The molecule has 0 spiro atoms. The number of aromatic nitrogens is 2. The second-order valence-corrected chi connectivity index (χ2v) is 3.11. The van der Waals surface area contributed by atoms with Crippen LogP contribution in [0.15, 0.2) is 12.3 Å². The first-order valence-corrected chi connectivity index (χ1v) is 5.03. The number of hydrogen-bond donors (Lipinski definition) is 2. The zero-order chi connectivity index (χ0) is 12.7. The Morgan fingerprint density at radius 2 is 2.24 bits per heavy atom. The monoisotopic (exact) mass is 238 g/mol. The van der Waals surface area contributed by atoms with Gasteiger partial charge in [0.15, 0.2) is 0 Å². The molecule has 0 atom stereocenters. The number of nitrogens with one attached hydrogen (secondary N) is 2. The summed E-state index contributed by atoms with van der Waals surface area (Å²) >= 11 is 0. The molecule has 0 radical (unpaired) electrons.